The molecule has 0 amide bonds. The van der Waals surface area contributed by atoms with Crippen LogP contribution in [0.2, 0.25) is 0 Å². The van der Waals surface area contributed by atoms with Crippen LogP contribution in [-0.2, 0) is 11.0 Å². The topological polar surface area (TPSA) is 87.0 Å². The van der Waals surface area contributed by atoms with E-state index in [1.165, 1.54) is 0 Å². The zero-order chi connectivity index (χ0) is 17.2. The van der Waals surface area contributed by atoms with Crippen LogP contribution in [0.15, 0.2) is 30.3 Å². The highest BCUT2D eigenvalue weighted by atomic mass is 127. The molecular formula is C14H12I3O5P. The molecule has 0 saturated carbocycles. The molecule has 3 N–H and O–H groups in total. The van der Waals surface area contributed by atoms with Gasteiger partial charge in [0.2, 0.25) is 0 Å². The minimum atomic E-state index is -4.01. The van der Waals surface area contributed by atoms with Crippen LogP contribution in [0.1, 0.15) is 5.56 Å². The monoisotopic (exact) mass is 672 g/mol. The largest absolute Gasteiger partial charge is 0.504 e. The Labute approximate surface area is 174 Å². The molecule has 124 valence electrons. The third-order valence-electron chi connectivity index (χ3n) is 2.88. The summed E-state index contributed by atoms with van der Waals surface area (Å²) in [7, 11) is -4.01. The van der Waals surface area contributed by atoms with E-state index in [1.807, 2.05) is 18.2 Å². The summed E-state index contributed by atoms with van der Waals surface area (Å²) in [4.78, 5) is 17.9. The number of aryl methyl sites for hydroxylation is 1. The first-order valence-corrected chi connectivity index (χ1v) is 11.4. The fourth-order valence-corrected chi connectivity index (χ4v) is 4.96. The van der Waals surface area contributed by atoms with Crippen molar-refractivity contribution in [2.45, 2.75) is 6.42 Å². The van der Waals surface area contributed by atoms with E-state index >= 15 is 0 Å². The van der Waals surface area contributed by atoms with Crippen molar-refractivity contribution in [2.24, 2.45) is 0 Å². The first-order chi connectivity index (χ1) is 10.7. The van der Waals surface area contributed by atoms with Crippen molar-refractivity contribution in [3.8, 4) is 17.2 Å². The highest BCUT2D eigenvalue weighted by molar-refractivity contribution is 14.1. The van der Waals surface area contributed by atoms with E-state index in [-0.39, 0.29) is 11.9 Å². The molecule has 0 aliphatic carbocycles. The van der Waals surface area contributed by atoms with E-state index in [9.17, 15) is 9.67 Å². The smallest absolute Gasteiger partial charge is 0.325 e. The zero-order valence-corrected chi connectivity index (χ0v) is 18.9. The average molecular weight is 672 g/mol. The minimum absolute atomic E-state index is 0.0640. The van der Waals surface area contributed by atoms with Gasteiger partial charge < -0.3 is 19.6 Å². The molecule has 0 aromatic heterocycles. The van der Waals surface area contributed by atoms with Crippen LogP contribution in [0.4, 0.5) is 0 Å². The van der Waals surface area contributed by atoms with Crippen LogP contribution >= 0.6 is 75.4 Å². The maximum absolute atomic E-state index is 11.0. The first kappa shape index (κ1) is 19.7. The standard InChI is InChI=1S/C14H12I3O5P/c15-9-1-2-13(12(18)7-9)22-14-10(16)5-8(6-11(14)17)3-4-23(19,20)21/h1-2,5-7,18H,3-4H2,(H2,19,20,21). The molecule has 0 aliphatic heterocycles. The summed E-state index contributed by atoms with van der Waals surface area (Å²) < 4.78 is 19.3. The van der Waals surface area contributed by atoms with Gasteiger partial charge in [0.05, 0.1) is 13.3 Å². The van der Waals surface area contributed by atoms with E-state index in [0.717, 1.165) is 16.3 Å². The molecule has 2 rings (SSSR count). The van der Waals surface area contributed by atoms with Crippen molar-refractivity contribution in [1.29, 1.82) is 0 Å². The molecule has 0 unspecified atom stereocenters. The number of aromatic hydroxyl groups is 1. The third kappa shape index (κ3) is 5.99. The summed E-state index contributed by atoms with van der Waals surface area (Å²) in [6, 6.07) is 8.81. The Kier molecular flexibility index (Phi) is 7.00. The van der Waals surface area contributed by atoms with E-state index < -0.39 is 7.60 Å². The van der Waals surface area contributed by atoms with Crippen molar-refractivity contribution in [1.82, 2.24) is 0 Å². The lowest BCUT2D eigenvalue weighted by Crippen LogP contribution is -1.98. The predicted octanol–water partition coefficient (Wildman–Crippen LogP) is 4.72. The van der Waals surface area contributed by atoms with Gasteiger partial charge in [0, 0.05) is 3.57 Å². The highest BCUT2D eigenvalue weighted by Crippen LogP contribution is 2.39. The molecule has 0 saturated heterocycles. The van der Waals surface area contributed by atoms with E-state index in [4.69, 9.17) is 14.5 Å². The summed E-state index contributed by atoms with van der Waals surface area (Å²) in [5, 5.41) is 9.94. The highest BCUT2D eigenvalue weighted by Gasteiger charge is 2.16. The summed E-state index contributed by atoms with van der Waals surface area (Å²) in [5.74, 6) is 1.04. The van der Waals surface area contributed by atoms with Crippen LogP contribution in [0.5, 0.6) is 17.2 Å². The number of phenols is 1. The van der Waals surface area contributed by atoms with Gasteiger partial charge in [0.25, 0.3) is 0 Å². The Bertz CT molecular complexity index is 752. The number of halogens is 3. The number of benzene rings is 2. The van der Waals surface area contributed by atoms with E-state index in [0.29, 0.717) is 17.9 Å². The van der Waals surface area contributed by atoms with Crippen LogP contribution in [0.3, 0.4) is 0 Å². The molecule has 0 bridgehead atoms. The van der Waals surface area contributed by atoms with Crippen molar-refractivity contribution >= 4 is 75.4 Å². The lowest BCUT2D eigenvalue weighted by Gasteiger charge is -2.13. The summed E-state index contributed by atoms with van der Waals surface area (Å²) >= 11 is 6.32. The van der Waals surface area contributed by atoms with E-state index in [1.54, 1.807) is 12.1 Å². The normalized spacial score (nSPS) is 11.5. The second kappa shape index (κ2) is 8.17. The van der Waals surface area contributed by atoms with Crippen molar-refractivity contribution in [3.63, 3.8) is 0 Å². The lowest BCUT2D eigenvalue weighted by molar-refractivity contribution is 0.373. The lowest BCUT2D eigenvalue weighted by atomic mass is 10.2. The van der Waals surface area contributed by atoms with Gasteiger partial charge in [0.15, 0.2) is 17.2 Å². The molecule has 9 heteroatoms. The van der Waals surface area contributed by atoms with Gasteiger partial charge in [0.1, 0.15) is 0 Å². The third-order valence-corrected chi connectivity index (χ3v) is 5.96. The molecule has 0 radical (unpaired) electrons. The maximum atomic E-state index is 11.0. The van der Waals surface area contributed by atoms with Crippen LogP contribution in [-0.4, -0.2) is 21.1 Å². The fraction of sp³-hybridized carbons (Fsp3) is 0.143. The summed E-state index contributed by atoms with van der Waals surface area (Å²) in [6.45, 7) is 0. The molecule has 23 heavy (non-hydrogen) atoms. The molecule has 0 aliphatic rings. The van der Waals surface area contributed by atoms with Crippen molar-refractivity contribution < 1.29 is 24.2 Å². The fourth-order valence-electron chi connectivity index (χ4n) is 1.82. The molecule has 2 aromatic carbocycles. The Morgan fingerprint density at radius 2 is 1.65 bits per heavy atom. The quantitative estimate of drug-likeness (QED) is 0.317. The van der Waals surface area contributed by atoms with Gasteiger partial charge in [-0.25, -0.2) is 0 Å². The van der Waals surface area contributed by atoms with E-state index in [2.05, 4.69) is 67.8 Å². The number of hydrogen-bond acceptors (Lipinski definition) is 3. The Morgan fingerprint density at radius 3 is 2.17 bits per heavy atom. The molecule has 0 fully saturated rings. The predicted molar refractivity (Wildman–Crippen MR) is 113 cm³/mol. The number of phenolic OH excluding ortho intramolecular Hbond substituents is 1. The number of rotatable bonds is 5. The minimum Gasteiger partial charge on any atom is -0.504 e. The van der Waals surface area contributed by atoms with Crippen molar-refractivity contribution in [2.75, 3.05) is 6.16 Å². The zero-order valence-electron chi connectivity index (χ0n) is 11.5. The molecule has 0 heterocycles. The molecular weight excluding hydrogens is 660 g/mol. The SMILES string of the molecule is O=P(O)(O)CCc1cc(I)c(Oc2ccc(I)cc2O)c(I)c1. The summed E-state index contributed by atoms with van der Waals surface area (Å²) in [5.41, 5.74) is 0.835. The van der Waals surface area contributed by atoms with Gasteiger partial charge in [-0.05, 0) is 110 Å². The van der Waals surface area contributed by atoms with Crippen LogP contribution in [0, 0.1) is 10.7 Å². The number of ether oxygens (including phenoxy) is 1. The molecule has 2 aromatic rings. The molecule has 0 spiro atoms. The Balaban J connectivity index is 2.25. The number of hydrogen-bond donors (Lipinski definition) is 3. The summed E-state index contributed by atoms with van der Waals surface area (Å²) in [6.07, 6.45) is 0.114. The average Bonchev–Trinajstić information content (AvgIpc) is 2.42. The first-order valence-electron chi connectivity index (χ1n) is 6.34. The second-order valence-electron chi connectivity index (χ2n) is 4.74. The van der Waals surface area contributed by atoms with Gasteiger partial charge in [-0.1, -0.05) is 0 Å². The van der Waals surface area contributed by atoms with Crippen LogP contribution in [0.25, 0.3) is 0 Å². The molecule has 5 nitrogen and oxygen atoms in total. The second-order valence-corrected chi connectivity index (χ2v) is 10.1. The van der Waals surface area contributed by atoms with Gasteiger partial charge in [-0.15, -0.1) is 0 Å². The van der Waals surface area contributed by atoms with Gasteiger partial charge in [-0.2, -0.15) is 0 Å². The van der Waals surface area contributed by atoms with Crippen LogP contribution < -0.4 is 4.74 Å². The molecule has 0 atom stereocenters. The Hall–Kier alpha value is 0.380. The van der Waals surface area contributed by atoms with Gasteiger partial charge >= 0.3 is 7.60 Å². The Morgan fingerprint density at radius 1 is 1.04 bits per heavy atom. The van der Waals surface area contributed by atoms with Crippen molar-refractivity contribution in [3.05, 3.63) is 46.6 Å². The van der Waals surface area contributed by atoms with Gasteiger partial charge in [-0.3, -0.25) is 4.57 Å². The maximum Gasteiger partial charge on any atom is 0.325 e.